The summed E-state index contributed by atoms with van der Waals surface area (Å²) in [6, 6.07) is 5.99. The number of aromatic nitrogens is 3. The van der Waals surface area contributed by atoms with Gasteiger partial charge < -0.3 is 14.8 Å². The van der Waals surface area contributed by atoms with Crippen molar-refractivity contribution in [1.29, 1.82) is 0 Å². The molecule has 5 nitrogen and oxygen atoms in total. The second-order valence-electron chi connectivity index (χ2n) is 4.14. The molecule has 0 saturated carbocycles. The normalized spacial score (nSPS) is 10.8. The lowest BCUT2D eigenvalue weighted by Gasteiger charge is -2.02. The van der Waals surface area contributed by atoms with Gasteiger partial charge in [-0.15, -0.1) is 0 Å². The van der Waals surface area contributed by atoms with Crippen LogP contribution in [0.2, 0.25) is 0 Å². The van der Waals surface area contributed by atoms with Gasteiger partial charge in [0.05, 0.1) is 5.56 Å². The first kappa shape index (κ1) is 11.5. The molecule has 2 N–H and O–H groups in total. The minimum atomic E-state index is -0.308. The fourth-order valence-electron chi connectivity index (χ4n) is 1.94. The third kappa shape index (κ3) is 1.87. The molecular formula is C13H11FN4O. The predicted molar refractivity (Wildman–Crippen MR) is 68.5 cm³/mol. The van der Waals surface area contributed by atoms with Crippen LogP contribution in [0.3, 0.4) is 0 Å². The Kier molecular flexibility index (Phi) is 2.56. The lowest BCUT2D eigenvalue weighted by atomic mass is 10.1. The lowest BCUT2D eigenvalue weighted by Crippen LogP contribution is -1.94. The molecule has 1 aromatic carbocycles. The van der Waals surface area contributed by atoms with Crippen molar-refractivity contribution < 1.29 is 8.91 Å². The van der Waals surface area contributed by atoms with Gasteiger partial charge in [-0.1, -0.05) is 17.3 Å². The van der Waals surface area contributed by atoms with Gasteiger partial charge in [0.1, 0.15) is 5.82 Å². The molecule has 6 heteroatoms. The van der Waals surface area contributed by atoms with E-state index in [2.05, 4.69) is 10.1 Å². The molecule has 0 saturated heterocycles. The number of rotatable bonds is 2. The molecule has 2 heterocycles. The summed E-state index contributed by atoms with van der Waals surface area (Å²) >= 11 is 0. The zero-order chi connectivity index (χ0) is 13.4. The summed E-state index contributed by atoms with van der Waals surface area (Å²) in [6.07, 6.45) is 3.46. The Morgan fingerprint density at radius 1 is 1.26 bits per heavy atom. The minimum absolute atomic E-state index is 0.185. The van der Waals surface area contributed by atoms with Crippen LogP contribution in [0.25, 0.3) is 22.6 Å². The van der Waals surface area contributed by atoms with Gasteiger partial charge in [-0.3, -0.25) is 0 Å². The average molecular weight is 258 g/mol. The van der Waals surface area contributed by atoms with E-state index in [9.17, 15) is 4.39 Å². The first-order valence-electron chi connectivity index (χ1n) is 5.65. The van der Waals surface area contributed by atoms with Gasteiger partial charge in [-0.25, -0.2) is 9.37 Å². The van der Waals surface area contributed by atoms with Crippen LogP contribution in [0.1, 0.15) is 0 Å². The van der Waals surface area contributed by atoms with E-state index >= 15 is 0 Å². The first-order valence-corrected chi connectivity index (χ1v) is 5.65. The summed E-state index contributed by atoms with van der Waals surface area (Å²) in [4.78, 5) is 4.21. The quantitative estimate of drug-likeness (QED) is 0.766. The Labute approximate surface area is 108 Å². The van der Waals surface area contributed by atoms with Gasteiger partial charge in [0.2, 0.25) is 5.88 Å². The van der Waals surface area contributed by atoms with Crippen molar-refractivity contribution >= 4 is 5.88 Å². The van der Waals surface area contributed by atoms with Crippen LogP contribution in [0.5, 0.6) is 0 Å². The number of nitrogen functional groups attached to an aromatic ring is 1. The number of hydrogen-bond acceptors (Lipinski definition) is 4. The fourth-order valence-corrected chi connectivity index (χ4v) is 1.94. The third-order valence-corrected chi connectivity index (χ3v) is 2.88. The van der Waals surface area contributed by atoms with Gasteiger partial charge >= 0.3 is 0 Å². The first-order chi connectivity index (χ1) is 9.16. The Hall–Kier alpha value is -2.63. The molecule has 3 rings (SSSR count). The van der Waals surface area contributed by atoms with Crippen molar-refractivity contribution in [3.8, 4) is 22.6 Å². The largest absolute Gasteiger partial charge is 0.367 e. The van der Waals surface area contributed by atoms with E-state index in [4.69, 9.17) is 10.3 Å². The minimum Gasteiger partial charge on any atom is -0.367 e. The van der Waals surface area contributed by atoms with E-state index in [-0.39, 0.29) is 11.7 Å². The summed E-state index contributed by atoms with van der Waals surface area (Å²) in [6.45, 7) is 0. The van der Waals surface area contributed by atoms with Crippen LogP contribution in [0, 0.1) is 5.82 Å². The van der Waals surface area contributed by atoms with Crippen LogP contribution >= 0.6 is 0 Å². The lowest BCUT2D eigenvalue weighted by molar-refractivity contribution is 0.438. The Morgan fingerprint density at radius 3 is 2.63 bits per heavy atom. The molecule has 0 atom stereocenters. The van der Waals surface area contributed by atoms with Crippen LogP contribution in [0.15, 0.2) is 41.2 Å². The number of nitrogens with zero attached hydrogens (tertiary/aromatic N) is 3. The zero-order valence-electron chi connectivity index (χ0n) is 10.2. The van der Waals surface area contributed by atoms with Crippen molar-refractivity contribution in [2.75, 3.05) is 5.73 Å². The zero-order valence-corrected chi connectivity index (χ0v) is 10.2. The van der Waals surface area contributed by atoms with Gasteiger partial charge in [-0.2, -0.15) is 0 Å². The number of anilines is 1. The highest BCUT2D eigenvalue weighted by Crippen LogP contribution is 2.35. The number of hydrogen-bond donors (Lipinski definition) is 1. The molecule has 3 aromatic rings. The van der Waals surface area contributed by atoms with Crippen LogP contribution in [0.4, 0.5) is 10.3 Å². The summed E-state index contributed by atoms with van der Waals surface area (Å²) in [7, 11) is 1.85. The molecule has 19 heavy (non-hydrogen) atoms. The van der Waals surface area contributed by atoms with Crippen LogP contribution < -0.4 is 5.73 Å². The second kappa shape index (κ2) is 4.24. The summed E-state index contributed by atoms with van der Waals surface area (Å²) < 4.78 is 19.8. The number of halogens is 1. The van der Waals surface area contributed by atoms with E-state index in [0.29, 0.717) is 17.1 Å². The van der Waals surface area contributed by atoms with E-state index in [1.54, 1.807) is 24.5 Å². The van der Waals surface area contributed by atoms with Gasteiger partial charge in [0.25, 0.3) is 0 Å². The fraction of sp³-hybridized carbons (Fsp3) is 0.0769. The molecular weight excluding hydrogens is 247 g/mol. The maximum absolute atomic E-state index is 13.0. The predicted octanol–water partition coefficient (Wildman–Crippen LogP) is 2.46. The molecule has 0 aliphatic heterocycles. The van der Waals surface area contributed by atoms with Crippen molar-refractivity contribution in [2.45, 2.75) is 0 Å². The molecule has 0 amide bonds. The maximum Gasteiger partial charge on any atom is 0.230 e. The third-order valence-electron chi connectivity index (χ3n) is 2.88. The smallest absolute Gasteiger partial charge is 0.230 e. The number of imidazole rings is 1. The molecule has 2 aromatic heterocycles. The summed E-state index contributed by atoms with van der Waals surface area (Å²) in [5.41, 5.74) is 7.70. The number of nitrogens with two attached hydrogens (primary N) is 1. The molecule has 0 unspecified atom stereocenters. The van der Waals surface area contributed by atoms with Gasteiger partial charge in [0.15, 0.2) is 11.5 Å². The molecule has 0 bridgehead atoms. The molecule has 0 spiro atoms. The average Bonchev–Trinajstić information content (AvgIpc) is 2.97. The van der Waals surface area contributed by atoms with E-state index in [0.717, 1.165) is 5.56 Å². The van der Waals surface area contributed by atoms with Crippen molar-refractivity contribution in [2.24, 2.45) is 7.05 Å². The van der Waals surface area contributed by atoms with E-state index in [1.807, 2.05) is 11.6 Å². The topological polar surface area (TPSA) is 69.9 Å². The SMILES string of the molecule is Cn1ccnc1-c1noc(N)c1-c1ccc(F)cc1. The highest BCUT2D eigenvalue weighted by Gasteiger charge is 2.20. The Bertz CT molecular complexity index is 715. The second-order valence-corrected chi connectivity index (χ2v) is 4.14. The molecule has 0 aliphatic carbocycles. The molecule has 0 aliphatic rings. The highest BCUT2D eigenvalue weighted by atomic mass is 19.1. The molecule has 0 fully saturated rings. The maximum atomic E-state index is 13.0. The van der Waals surface area contributed by atoms with E-state index in [1.165, 1.54) is 12.1 Å². The molecule has 96 valence electrons. The van der Waals surface area contributed by atoms with E-state index < -0.39 is 0 Å². The molecule has 0 radical (unpaired) electrons. The van der Waals surface area contributed by atoms with Crippen molar-refractivity contribution in [3.63, 3.8) is 0 Å². The number of benzene rings is 1. The summed E-state index contributed by atoms with van der Waals surface area (Å²) in [5.74, 6) is 0.515. The van der Waals surface area contributed by atoms with Crippen molar-refractivity contribution in [3.05, 3.63) is 42.5 Å². The van der Waals surface area contributed by atoms with Gasteiger partial charge in [-0.05, 0) is 17.7 Å². The van der Waals surface area contributed by atoms with Crippen LogP contribution in [-0.2, 0) is 7.05 Å². The van der Waals surface area contributed by atoms with Crippen LogP contribution in [-0.4, -0.2) is 14.7 Å². The van der Waals surface area contributed by atoms with Gasteiger partial charge in [0, 0.05) is 19.4 Å². The summed E-state index contributed by atoms with van der Waals surface area (Å²) in [5, 5.41) is 3.94. The Balaban J connectivity index is 2.19. The monoisotopic (exact) mass is 258 g/mol. The number of aryl methyl sites for hydroxylation is 1. The van der Waals surface area contributed by atoms with Crippen molar-refractivity contribution in [1.82, 2.24) is 14.7 Å². The Morgan fingerprint density at radius 2 is 2.00 bits per heavy atom. The standard InChI is InChI=1S/C13H11FN4O/c1-18-7-6-16-13(18)11-10(12(15)19-17-11)8-2-4-9(14)5-3-8/h2-7H,15H2,1H3. The highest BCUT2D eigenvalue weighted by molar-refractivity contribution is 5.84.